The van der Waals surface area contributed by atoms with Crippen molar-refractivity contribution in [1.82, 2.24) is 24.8 Å². The van der Waals surface area contributed by atoms with Crippen molar-refractivity contribution < 1.29 is 4.74 Å². The lowest BCUT2D eigenvalue weighted by Crippen LogP contribution is -2.56. The number of hydrogen-bond acceptors (Lipinski definition) is 9. The van der Waals surface area contributed by atoms with E-state index < -0.39 is 0 Å². The molecule has 29 heavy (non-hydrogen) atoms. The summed E-state index contributed by atoms with van der Waals surface area (Å²) in [5.74, 6) is 2.48. The first-order chi connectivity index (χ1) is 14.2. The SMILES string of the molecule is Cc1nc(Nc2ncc(-c3ccccn3)s2)cc(N2CCN(C3COC3)CC2)n1. The van der Waals surface area contributed by atoms with Gasteiger partial charge >= 0.3 is 0 Å². The molecule has 2 fully saturated rings. The number of anilines is 3. The summed E-state index contributed by atoms with van der Waals surface area (Å²) in [7, 11) is 0. The van der Waals surface area contributed by atoms with Crippen LogP contribution >= 0.6 is 11.3 Å². The fraction of sp³-hybridized carbons (Fsp3) is 0.400. The molecule has 0 saturated carbocycles. The molecule has 2 aliphatic heterocycles. The van der Waals surface area contributed by atoms with E-state index in [1.54, 1.807) is 17.5 Å². The summed E-state index contributed by atoms with van der Waals surface area (Å²) in [4.78, 5) is 23.9. The second-order valence-electron chi connectivity index (χ2n) is 7.24. The van der Waals surface area contributed by atoms with Crippen molar-refractivity contribution >= 4 is 28.1 Å². The molecule has 0 bridgehead atoms. The van der Waals surface area contributed by atoms with Crippen molar-refractivity contribution in [3.05, 3.63) is 42.5 Å². The van der Waals surface area contributed by atoms with Gasteiger partial charge in [0.25, 0.3) is 0 Å². The summed E-state index contributed by atoms with van der Waals surface area (Å²) in [5.41, 5.74) is 0.923. The molecule has 3 aromatic heterocycles. The van der Waals surface area contributed by atoms with Gasteiger partial charge in [-0.25, -0.2) is 15.0 Å². The van der Waals surface area contributed by atoms with Crippen LogP contribution in [0.4, 0.5) is 16.8 Å². The van der Waals surface area contributed by atoms with Gasteiger partial charge in [-0.05, 0) is 19.1 Å². The third-order valence-electron chi connectivity index (χ3n) is 5.26. The maximum absolute atomic E-state index is 5.32. The number of nitrogens with one attached hydrogen (secondary N) is 1. The normalized spacial score (nSPS) is 17.9. The van der Waals surface area contributed by atoms with Gasteiger partial charge in [-0.2, -0.15) is 0 Å². The Bertz CT molecular complexity index is 968. The van der Waals surface area contributed by atoms with E-state index in [2.05, 4.69) is 35.1 Å². The Morgan fingerprint density at radius 2 is 1.97 bits per heavy atom. The Morgan fingerprint density at radius 3 is 2.69 bits per heavy atom. The van der Waals surface area contributed by atoms with Gasteiger partial charge in [0, 0.05) is 44.6 Å². The highest BCUT2D eigenvalue weighted by Crippen LogP contribution is 2.29. The Hall–Kier alpha value is -2.62. The van der Waals surface area contributed by atoms with Crippen LogP contribution in [0.25, 0.3) is 10.6 Å². The standard InChI is InChI=1S/C20H23N7OS/c1-14-23-18(25-20-22-11-17(29-20)16-4-2-3-5-21-16)10-19(24-14)27-8-6-26(7-9-27)15-12-28-13-15/h2-5,10-11,15H,6-9,12-13H2,1H3,(H,22,23,24,25). The molecule has 0 radical (unpaired) electrons. The van der Waals surface area contributed by atoms with Crippen LogP contribution in [0, 0.1) is 6.92 Å². The number of hydrogen-bond donors (Lipinski definition) is 1. The molecule has 0 aliphatic carbocycles. The molecule has 0 aromatic carbocycles. The zero-order valence-corrected chi connectivity index (χ0v) is 17.1. The molecular weight excluding hydrogens is 386 g/mol. The van der Waals surface area contributed by atoms with Crippen LogP contribution in [0.15, 0.2) is 36.7 Å². The molecule has 0 amide bonds. The quantitative estimate of drug-likeness (QED) is 0.689. The largest absolute Gasteiger partial charge is 0.378 e. The van der Waals surface area contributed by atoms with Crippen LogP contribution in [0.1, 0.15) is 5.82 Å². The molecule has 3 aromatic rings. The van der Waals surface area contributed by atoms with Crippen LogP contribution in [-0.4, -0.2) is 70.3 Å². The molecule has 5 heterocycles. The summed E-state index contributed by atoms with van der Waals surface area (Å²) in [6.45, 7) is 7.68. The smallest absolute Gasteiger partial charge is 0.188 e. The molecule has 1 N–H and O–H groups in total. The van der Waals surface area contributed by atoms with E-state index in [4.69, 9.17) is 4.74 Å². The van der Waals surface area contributed by atoms with Crippen molar-refractivity contribution in [2.45, 2.75) is 13.0 Å². The van der Waals surface area contributed by atoms with Crippen LogP contribution in [0.5, 0.6) is 0 Å². The Kier molecular flexibility index (Phi) is 5.09. The lowest BCUT2D eigenvalue weighted by molar-refractivity contribution is -0.0661. The highest BCUT2D eigenvalue weighted by Gasteiger charge is 2.29. The van der Waals surface area contributed by atoms with Gasteiger partial charge in [-0.1, -0.05) is 17.4 Å². The summed E-state index contributed by atoms with van der Waals surface area (Å²) in [6, 6.07) is 8.48. The highest BCUT2D eigenvalue weighted by atomic mass is 32.1. The Morgan fingerprint density at radius 1 is 1.10 bits per heavy atom. The van der Waals surface area contributed by atoms with E-state index in [-0.39, 0.29) is 0 Å². The topological polar surface area (TPSA) is 79.3 Å². The van der Waals surface area contributed by atoms with Gasteiger partial charge in [-0.3, -0.25) is 9.88 Å². The van der Waals surface area contributed by atoms with Crippen LogP contribution in [0.2, 0.25) is 0 Å². The minimum atomic E-state index is 0.597. The molecule has 9 heteroatoms. The number of aromatic nitrogens is 4. The van der Waals surface area contributed by atoms with Gasteiger partial charge in [0.1, 0.15) is 17.5 Å². The van der Waals surface area contributed by atoms with Gasteiger partial charge in [0.2, 0.25) is 0 Å². The Labute approximate surface area is 173 Å². The zero-order chi connectivity index (χ0) is 19.6. The molecule has 0 spiro atoms. The Balaban J connectivity index is 1.28. The fourth-order valence-electron chi connectivity index (χ4n) is 3.60. The molecular formula is C20H23N7OS. The lowest BCUT2D eigenvalue weighted by Gasteiger charge is -2.42. The van der Waals surface area contributed by atoms with Crippen LogP contribution in [-0.2, 0) is 4.74 Å². The second kappa shape index (κ2) is 8.02. The van der Waals surface area contributed by atoms with E-state index >= 15 is 0 Å². The minimum Gasteiger partial charge on any atom is -0.378 e. The summed E-state index contributed by atoms with van der Waals surface area (Å²) >= 11 is 1.56. The molecule has 2 aliphatic rings. The lowest BCUT2D eigenvalue weighted by atomic mass is 10.2. The van der Waals surface area contributed by atoms with Gasteiger partial charge in [0.15, 0.2) is 5.13 Å². The number of rotatable bonds is 5. The third-order valence-corrected chi connectivity index (χ3v) is 6.19. The van der Waals surface area contributed by atoms with E-state index in [0.29, 0.717) is 6.04 Å². The predicted octanol–water partition coefficient (Wildman–Crippen LogP) is 2.57. The number of aryl methyl sites for hydroxylation is 1. The van der Waals surface area contributed by atoms with Gasteiger partial charge in [0.05, 0.1) is 29.8 Å². The van der Waals surface area contributed by atoms with Crippen molar-refractivity contribution in [2.24, 2.45) is 0 Å². The molecule has 5 rings (SSSR count). The molecule has 0 atom stereocenters. The first-order valence-electron chi connectivity index (χ1n) is 9.81. The van der Waals surface area contributed by atoms with Crippen molar-refractivity contribution in [3.63, 3.8) is 0 Å². The molecule has 2 saturated heterocycles. The van der Waals surface area contributed by atoms with E-state index in [9.17, 15) is 0 Å². The maximum atomic E-state index is 5.32. The number of thiazole rings is 1. The average molecular weight is 410 g/mol. The summed E-state index contributed by atoms with van der Waals surface area (Å²) < 4.78 is 5.32. The first-order valence-corrected chi connectivity index (χ1v) is 10.6. The summed E-state index contributed by atoms with van der Waals surface area (Å²) in [5, 5.41) is 4.13. The first kappa shape index (κ1) is 18.4. The monoisotopic (exact) mass is 409 g/mol. The highest BCUT2D eigenvalue weighted by molar-refractivity contribution is 7.18. The minimum absolute atomic E-state index is 0.597. The molecule has 150 valence electrons. The molecule has 0 unspecified atom stereocenters. The number of ether oxygens (including phenoxy) is 1. The van der Waals surface area contributed by atoms with Crippen LogP contribution in [0.3, 0.4) is 0 Å². The van der Waals surface area contributed by atoms with Crippen molar-refractivity contribution in [3.8, 4) is 10.6 Å². The summed E-state index contributed by atoms with van der Waals surface area (Å²) in [6.07, 6.45) is 3.63. The third kappa shape index (κ3) is 4.07. The van der Waals surface area contributed by atoms with E-state index in [1.165, 1.54) is 0 Å². The van der Waals surface area contributed by atoms with Gasteiger partial charge < -0.3 is 15.0 Å². The van der Waals surface area contributed by atoms with Crippen molar-refractivity contribution in [1.29, 1.82) is 0 Å². The van der Waals surface area contributed by atoms with E-state index in [1.807, 2.05) is 37.4 Å². The zero-order valence-electron chi connectivity index (χ0n) is 16.3. The maximum Gasteiger partial charge on any atom is 0.188 e. The molecule has 8 nitrogen and oxygen atoms in total. The van der Waals surface area contributed by atoms with Gasteiger partial charge in [-0.15, -0.1) is 0 Å². The van der Waals surface area contributed by atoms with Crippen LogP contribution < -0.4 is 10.2 Å². The number of nitrogens with zero attached hydrogens (tertiary/aromatic N) is 6. The predicted molar refractivity (Wildman–Crippen MR) is 114 cm³/mol. The fourth-order valence-corrected chi connectivity index (χ4v) is 4.40. The average Bonchev–Trinajstić information content (AvgIpc) is 3.16. The van der Waals surface area contributed by atoms with E-state index in [0.717, 1.165) is 72.6 Å². The number of pyridine rings is 1. The number of piperazine rings is 1. The van der Waals surface area contributed by atoms with Crippen molar-refractivity contribution in [2.75, 3.05) is 49.6 Å². The second-order valence-corrected chi connectivity index (χ2v) is 8.27.